The number of fused-ring (bicyclic) bond motifs is 1. The Hall–Kier alpha value is -1.49. The lowest BCUT2D eigenvalue weighted by Gasteiger charge is -2.34. The van der Waals surface area contributed by atoms with E-state index in [9.17, 15) is 0 Å². The summed E-state index contributed by atoms with van der Waals surface area (Å²) in [6.07, 6.45) is 8.27. The van der Waals surface area contributed by atoms with E-state index >= 15 is 0 Å². The van der Waals surface area contributed by atoms with Crippen molar-refractivity contribution in [3.8, 4) is 6.07 Å². The minimum atomic E-state index is 0.296. The molecule has 1 saturated carbocycles. The average Bonchev–Trinajstić information content (AvgIpc) is 2.94. The van der Waals surface area contributed by atoms with E-state index in [0.717, 1.165) is 25.7 Å². The Morgan fingerprint density at radius 3 is 2.58 bits per heavy atom. The fraction of sp³-hybridized carbons (Fsp3) is 0.588. The van der Waals surface area contributed by atoms with Crippen LogP contribution < -0.4 is 4.90 Å². The largest absolute Gasteiger partial charge is 0.372 e. The smallest absolute Gasteiger partial charge is 0.0655 e. The minimum absolute atomic E-state index is 0.296. The van der Waals surface area contributed by atoms with Gasteiger partial charge in [-0.05, 0) is 68.2 Å². The average molecular weight is 254 g/mol. The monoisotopic (exact) mass is 254 g/mol. The van der Waals surface area contributed by atoms with Crippen LogP contribution in [0.3, 0.4) is 0 Å². The van der Waals surface area contributed by atoms with Crippen LogP contribution in [0.2, 0.25) is 0 Å². The standard InChI is InChI=1S/C17H22N2/c1-19(16-8-5-13(12-18)6-9-16)17-10-7-14-3-2-4-15(14)11-17/h7,10-11,13,16H,2-6,8-9H2,1H3. The van der Waals surface area contributed by atoms with Gasteiger partial charge in [0, 0.05) is 24.7 Å². The molecule has 0 aromatic heterocycles. The summed E-state index contributed by atoms with van der Waals surface area (Å²) in [5.41, 5.74) is 4.46. The van der Waals surface area contributed by atoms with E-state index in [2.05, 4.69) is 36.2 Å². The summed E-state index contributed by atoms with van der Waals surface area (Å²) >= 11 is 0. The van der Waals surface area contributed by atoms with Crippen LogP contribution in [-0.4, -0.2) is 13.1 Å². The molecule has 1 aromatic rings. The molecular formula is C17H22N2. The molecule has 0 bridgehead atoms. The summed E-state index contributed by atoms with van der Waals surface area (Å²) in [7, 11) is 2.22. The first-order valence-corrected chi connectivity index (χ1v) is 7.52. The number of nitrogens with zero attached hydrogens (tertiary/aromatic N) is 2. The maximum Gasteiger partial charge on any atom is 0.0655 e. The summed E-state index contributed by atoms with van der Waals surface area (Å²) in [5.74, 6) is 0.296. The van der Waals surface area contributed by atoms with Crippen LogP contribution in [0.5, 0.6) is 0 Å². The van der Waals surface area contributed by atoms with Gasteiger partial charge in [0.15, 0.2) is 0 Å². The molecule has 19 heavy (non-hydrogen) atoms. The minimum Gasteiger partial charge on any atom is -0.372 e. The SMILES string of the molecule is CN(c1ccc2c(c1)CCC2)C1CCC(C#N)CC1. The number of anilines is 1. The van der Waals surface area contributed by atoms with Crippen LogP contribution in [0.25, 0.3) is 0 Å². The Balaban J connectivity index is 1.71. The van der Waals surface area contributed by atoms with Crippen molar-refractivity contribution in [3.05, 3.63) is 29.3 Å². The summed E-state index contributed by atoms with van der Waals surface area (Å²) in [6.45, 7) is 0. The third-order valence-electron chi connectivity index (χ3n) is 4.92. The molecule has 0 N–H and O–H groups in total. The van der Waals surface area contributed by atoms with Gasteiger partial charge in [0.25, 0.3) is 0 Å². The van der Waals surface area contributed by atoms with Crippen LogP contribution in [0.15, 0.2) is 18.2 Å². The maximum atomic E-state index is 8.98. The number of hydrogen-bond donors (Lipinski definition) is 0. The topological polar surface area (TPSA) is 27.0 Å². The van der Waals surface area contributed by atoms with Gasteiger partial charge in [0.05, 0.1) is 6.07 Å². The Bertz CT molecular complexity index is 492. The van der Waals surface area contributed by atoms with Crippen LogP contribution in [0.1, 0.15) is 43.2 Å². The van der Waals surface area contributed by atoms with E-state index < -0.39 is 0 Å². The third-order valence-corrected chi connectivity index (χ3v) is 4.92. The molecule has 1 fully saturated rings. The van der Waals surface area contributed by atoms with Crippen molar-refractivity contribution in [2.24, 2.45) is 5.92 Å². The van der Waals surface area contributed by atoms with Gasteiger partial charge in [-0.2, -0.15) is 5.26 Å². The highest BCUT2D eigenvalue weighted by molar-refractivity contribution is 5.52. The molecule has 2 aliphatic rings. The second-order valence-electron chi connectivity index (χ2n) is 6.05. The molecule has 1 aromatic carbocycles. The van der Waals surface area contributed by atoms with Crippen LogP contribution in [0, 0.1) is 17.2 Å². The number of benzene rings is 1. The van der Waals surface area contributed by atoms with E-state index in [1.165, 1.54) is 24.9 Å². The van der Waals surface area contributed by atoms with Crippen molar-refractivity contribution in [2.45, 2.75) is 51.0 Å². The van der Waals surface area contributed by atoms with Crippen molar-refractivity contribution in [3.63, 3.8) is 0 Å². The first-order valence-electron chi connectivity index (χ1n) is 7.52. The lowest BCUT2D eigenvalue weighted by atomic mass is 9.86. The Morgan fingerprint density at radius 2 is 1.84 bits per heavy atom. The van der Waals surface area contributed by atoms with Gasteiger partial charge >= 0.3 is 0 Å². The predicted molar refractivity (Wildman–Crippen MR) is 78.2 cm³/mol. The molecular weight excluding hydrogens is 232 g/mol. The number of aryl methyl sites for hydroxylation is 2. The van der Waals surface area contributed by atoms with Crippen molar-refractivity contribution in [1.82, 2.24) is 0 Å². The van der Waals surface area contributed by atoms with Crippen LogP contribution in [0.4, 0.5) is 5.69 Å². The molecule has 0 atom stereocenters. The number of hydrogen-bond acceptors (Lipinski definition) is 2. The first-order chi connectivity index (χ1) is 9.28. The van der Waals surface area contributed by atoms with Crippen molar-refractivity contribution < 1.29 is 0 Å². The van der Waals surface area contributed by atoms with Gasteiger partial charge in [0.2, 0.25) is 0 Å². The fourth-order valence-electron chi connectivity index (χ4n) is 3.58. The third kappa shape index (κ3) is 2.47. The molecule has 0 amide bonds. The second-order valence-corrected chi connectivity index (χ2v) is 6.05. The van der Waals surface area contributed by atoms with Gasteiger partial charge < -0.3 is 4.90 Å². The van der Waals surface area contributed by atoms with Crippen molar-refractivity contribution in [2.75, 3.05) is 11.9 Å². The van der Waals surface area contributed by atoms with Gasteiger partial charge in [-0.25, -0.2) is 0 Å². The van der Waals surface area contributed by atoms with E-state index in [0.29, 0.717) is 12.0 Å². The summed E-state index contributed by atoms with van der Waals surface area (Å²) < 4.78 is 0. The van der Waals surface area contributed by atoms with Crippen LogP contribution in [-0.2, 0) is 12.8 Å². The Labute approximate surface area is 116 Å². The Kier molecular flexibility index (Phi) is 3.46. The lowest BCUT2D eigenvalue weighted by Crippen LogP contribution is -2.35. The first kappa shape index (κ1) is 12.5. The van der Waals surface area contributed by atoms with E-state index in [4.69, 9.17) is 5.26 Å². The van der Waals surface area contributed by atoms with Crippen molar-refractivity contribution in [1.29, 1.82) is 5.26 Å². The lowest BCUT2D eigenvalue weighted by molar-refractivity contribution is 0.372. The van der Waals surface area contributed by atoms with Gasteiger partial charge in [0.1, 0.15) is 0 Å². The normalized spacial score (nSPS) is 25.7. The molecule has 3 rings (SSSR count). The van der Waals surface area contributed by atoms with E-state index in [1.54, 1.807) is 11.1 Å². The molecule has 0 heterocycles. The van der Waals surface area contributed by atoms with Gasteiger partial charge in [-0.3, -0.25) is 0 Å². The zero-order valence-corrected chi connectivity index (χ0v) is 11.7. The van der Waals surface area contributed by atoms with E-state index in [-0.39, 0.29) is 0 Å². The zero-order valence-electron chi connectivity index (χ0n) is 11.7. The summed E-state index contributed by atoms with van der Waals surface area (Å²) in [4.78, 5) is 2.44. The molecule has 2 aliphatic carbocycles. The van der Waals surface area contributed by atoms with Crippen molar-refractivity contribution >= 4 is 5.69 Å². The molecule has 0 aliphatic heterocycles. The second kappa shape index (κ2) is 5.25. The molecule has 100 valence electrons. The van der Waals surface area contributed by atoms with E-state index in [1.807, 2.05) is 0 Å². The number of nitriles is 1. The quantitative estimate of drug-likeness (QED) is 0.804. The van der Waals surface area contributed by atoms with Gasteiger partial charge in [-0.1, -0.05) is 6.07 Å². The molecule has 2 nitrogen and oxygen atoms in total. The van der Waals surface area contributed by atoms with Gasteiger partial charge in [-0.15, -0.1) is 0 Å². The summed E-state index contributed by atoms with van der Waals surface area (Å²) in [6, 6.07) is 10.0. The maximum absolute atomic E-state index is 8.98. The molecule has 0 saturated heterocycles. The molecule has 0 spiro atoms. The summed E-state index contributed by atoms with van der Waals surface area (Å²) in [5, 5.41) is 8.98. The highest BCUT2D eigenvalue weighted by Crippen LogP contribution is 2.32. The number of rotatable bonds is 2. The van der Waals surface area contributed by atoms with Crippen LogP contribution >= 0.6 is 0 Å². The fourth-order valence-corrected chi connectivity index (χ4v) is 3.58. The Morgan fingerprint density at radius 1 is 1.11 bits per heavy atom. The predicted octanol–water partition coefficient (Wildman–Crippen LogP) is 3.69. The molecule has 2 heteroatoms. The highest BCUT2D eigenvalue weighted by Gasteiger charge is 2.24. The zero-order chi connectivity index (χ0) is 13.2. The highest BCUT2D eigenvalue weighted by atomic mass is 15.1. The molecule has 0 unspecified atom stereocenters. The molecule has 0 radical (unpaired) electrons.